The zero-order valence-electron chi connectivity index (χ0n) is 8.59. The number of nitrogens with one attached hydrogen (secondary N) is 1. The van der Waals surface area contributed by atoms with Crippen LogP contribution in [0.5, 0.6) is 0 Å². The summed E-state index contributed by atoms with van der Waals surface area (Å²) in [5.74, 6) is 2.58. The maximum Gasteiger partial charge on any atom is 0.0242 e. The highest BCUT2D eigenvalue weighted by atomic mass is 14.8. The van der Waals surface area contributed by atoms with Crippen molar-refractivity contribution in [2.75, 3.05) is 7.05 Å². The summed E-state index contributed by atoms with van der Waals surface area (Å²) >= 11 is 0. The largest absolute Gasteiger partial charge is 0.316 e. The Kier molecular flexibility index (Phi) is 6.68. The first-order valence-corrected chi connectivity index (χ1v) is 4.57. The molecule has 0 aliphatic heterocycles. The molecule has 0 saturated carbocycles. The lowest BCUT2D eigenvalue weighted by molar-refractivity contribution is 0.818. The van der Waals surface area contributed by atoms with Gasteiger partial charge < -0.3 is 5.32 Å². The second kappa shape index (κ2) is 7.39. The van der Waals surface area contributed by atoms with E-state index < -0.39 is 0 Å². The van der Waals surface area contributed by atoms with Crippen molar-refractivity contribution >= 4 is 0 Å². The Morgan fingerprint density at radius 1 is 1.23 bits per heavy atom. The molecule has 1 rings (SSSR count). The van der Waals surface area contributed by atoms with E-state index in [-0.39, 0.29) is 0 Å². The normalized spacial score (nSPS) is 8.15. The third kappa shape index (κ3) is 4.35. The van der Waals surface area contributed by atoms with Gasteiger partial charge in [0.15, 0.2) is 0 Å². The standard InChI is InChI=1S/C10H11N.C2H6/c1-3-9-4-6-10(7-5-9)8-11-2;1-2/h1,4-7,11H,8H2,2H3;1-2H3. The topological polar surface area (TPSA) is 12.0 Å². The van der Waals surface area contributed by atoms with E-state index >= 15 is 0 Å². The van der Waals surface area contributed by atoms with Crippen LogP contribution in [0.15, 0.2) is 24.3 Å². The zero-order valence-corrected chi connectivity index (χ0v) is 8.59. The van der Waals surface area contributed by atoms with Crippen LogP contribution in [0, 0.1) is 12.3 Å². The van der Waals surface area contributed by atoms with Crippen molar-refractivity contribution in [3.63, 3.8) is 0 Å². The van der Waals surface area contributed by atoms with Crippen molar-refractivity contribution < 1.29 is 0 Å². The summed E-state index contributed by atoms with van der Waals surface area (Å²) in [4.78, 5) is 0. The minimum absolute atomic E-state index is 0.894. The van der Waals surface area contributed by atoms with Crippen molar-refractivity contribution in [3.05, 3.63) is 35.4 Å². The smallest absolute Gasteiger partial charge is 0.0242 e. The van der Waals surface area contributed by atoms with Gasteiger partial charge in [-0.15, -0.1) is 6.42 Å². The Hall–Kier alpha value is -1.26. The zero-order chi connectivity index (χ0) is 10.1. The minimum atomic E-state index is 0.894. The Morgan fingerprint density at radius 2 is 1.77 bits per heavy atom. The van der Waals surface area contributed by atoms with E-state index in [1.807, 2.05) is 45.2 Å². The van der Waals surface area contributed by atoms with E-state index in [2.05, 4.69) is 11.2 Å². The van der Waals surface area contributed by atoms with E-state index in [0.29, 0.717) is 0 Å². The van der Waals surface area contributed by atoms with Gasteiger partial charge in [-0.05, 0) is 24.7 Å². The van der Waals surface area contributed by atoms with Crippen LogP contribution in [-0.4, -0.2) is 7.05 Å². The lowest BCUT2D eigenvalue weighted by Crippen LogP contribution is -2.04. The van der Waals surface area contributed by atoms with Gasteiger partial charge in [-0.3, -0.25) is 0 Å². The van der Waals surface area contributed by atoms with E-state index in [1.54, 1.807) is 0 Å². The van der Waals surface area contributed by atoms with Gasteiger partial charge >= 0.3 is 0 Å². The van der Waals surface area contributed by atoms with Gasteiger partial charge in [0.05, 0.1) is 0 Å². The monoisotopic (exact) mass is 175 g/mol. The fourth-order valence-corrected chi connectivity index (χ4v) is 0.923. The number of hydrogen-bond donors (Lipinski definition) is 1. The van der Waals surface area contributed by atoms with Crippen LogP contribution >= 0.6 is 0 Å². The highest BCUT2D eigenvalue weighted by Gasteiger charge is 1.89. The average molecular weight is 175 g/mol. The fraction of sp³-hybridized carbons (Fsp3) is 0.333. The van der Waals surface area contributed by atoms with E-state index in [9.17, 15) is 0 Å². The first kappa shape index (κ1) is 11.7. The molecule has 0 unspecified atom stereocenters. The molecule has 1 nitrogen and oxygen atoms in total. The van der Waals surface area contributed by atoms with Gasteiger partial charge in [0.1, 0.15) is 0 Å². The van der Waals surface area contributed by atoms with E-state index in [4.69, 9.17) is 6.42 Å². The number of benzene rings is 1. The molecule has 1 aromatic carbocycles. The molecular formula is C12H17N. The van der Waals surface area contributed by atoms with Gasteiger partial charge in [-0.2, -0.15) is 0 Å². The van der Waals surface area contributed by atoms with Gasteiger partial charge in [0, 0.05) is 12.1 Å². The molecule has 70 valence electrons. The molecule has 0 aliphatic carbocycles. The molecule has 0 saturated heterocycles. The summed E-state index contributed by atoms with van der Waals surface area (Å²) in [6, 6.07) is 7.97. The number of terminal acetylenes is 1. The molecule has 1 N–H and O–H groups in total. The van der Waals surface area contributed by atoms with Crippen LogP contribution in [0.3, 0.4) is 0 Å². The molecule has 0 heterocycles. The summed E-state index contributed by atoms with van der Waals surface area (Å²) < 4.78 is 0. The first-order chi connectivity index (χ1) is 6.36. The highest BCUT2D eigenvalue weighted by molar-refractivity contribution is 5.34. The quantitative estimate of drug-likeness (QED) is 0.681. The van der Waals surface area contributed by atoms with Gasteiger partial charge in [-0.25, -0.2) is 0 Å². The molecule has 0 atom stereocenters. The predicted octanol–water partition coefficient (Wildman–Crippen LogP) is 2.41. The van der Waals surface area contributed by atoms with E-state index in [0.717, 1.165) is 12.1 Å². The Labute approximate surface area is 81.2 Å². The van der Waals surface area contributed by atoms with Gasteiger partial charge in [0.2, 0.25) is 0 Å². The molecule has 0 radical (unpaired) electrons. The highest BCUT2D eigenvalue weighted by Crippen LogP contribution is 2.01. The van der Waals surface area contributed by atoms with Crippen LogP contribution in [0.25, 0.3) is 0 Å². The SMILES string of the molecule is C#Cc1ccc(CNC)cc1.CC. The van der Waals surface area contributed by atoms with Crippen LogP contribution in [0.2, 0.25) is 0 Å². The van der Waals surface area contributed by atoms with E-state index in [1.165, 1.54) is 5.56 Å². The van der Waals surface area contributed by atoms with Crippen molar-refractivity contribution in [1.82, 2.24) is 5.32 Å². The van der Waals surface area contributed by atoms with Gasteiger partial charge in [0.25, 0.3) is 0 Å². The van der Waals surface area contributed by atoms with Crippen molar-refractivity contribution in [3.8, 4) is 12.3 Å². The number of hydrogen-bond acceptors (Lipinski definition) is 1. The van der Waals surface area contributed by atoms with Gasteiger partial charge in [-0.1, -0.05) is 31.9 Å². The van der Waals surface area contributed by atoms with Crippen LogP contribution < -0.4 is 5.32 Å². The summed E-state index contributed by atoms with van der Waals surface area (Å²) in [7, 11) is 1.93. The summed E-state index contributed by atoms with van der Waals surface area (Å²) in [6.45, 7) is 4.89. The fourth-order valence-electron chi connectivity index (χ4n) is 0.923. The molecule has 1 heteroatoms. The lowest BCUT2D eigenvalue weighted by atomic mass is 10.1. The molecule has 0 aromatic heterocycles. The number of rotatable bonds is 2. The van der Waals surface area contributed by atoms with Crippen molar-refractivity contribution in [2.45, 2.75) is 20.4 Å². The third-order valence-electron chi connectivity index (χ3n) is 1.50. The summed E-state index contributed by atoms with van der Waals surface area (Å²) in [6.07, 6.45) is 5.21. The van der Waals surface area contributed by atoms with Crippen molar-refractivity contribution in [1.29, 1.82) is 0 Å². The summed E-state index contributed by atoms with van der Waals surface area (Å²) in [5, 5.41) is 3.07. The molecule has 0 bridgehead atoms. The lowest BCUT2D eigenvalue weighted by Gasteiger charge is -1.98. The summed E-state index contributed by atoms with van der Waals surface area (Å²) in [5.41, 5.74) is 2.19. The maximum atomic E-state index is 5.21. The maximum absolute atomic E-state index is 5.21. The second-order valence-electron chi connectivity index (χ2n) is 2.37. The third-order valence-corrected chi connectivity index (χ3v) is 1.50. The second-order valence-corrected chi connectivity index (χ2v) is 2.37. The molecule has 0 amide bonds. The average Bonchev–Trinajstić information content (AvgIpc) is 2.23. The predicted molar refractivity (Wildman–Crippen MR) is 58.5 cm³/mol. The Morgan fingerprint density at radius 3 is 2.15 bits per heavy atom. The minimum Gasteiger partial charge on any atom is -0.316 e. The first-order valence-electron chi connectivity index (χ1n) is 4.57. The van der Waals surface area contributed by atoms with Crippen molar-refractivity contribution in [2.24, 2.45) is 0 Å². The molecular weight excluding hydrogens is 158 g/mol. The Balaban J connectivity index is 0.000000671. The van der Waals surface area contributed by atoms with Crippen LogP contribution in [-0.2, 0) is 6.54 Å². The Bertz CT molecular complexity index is 253. The molecule has 0 aliphatic rings. The molecule has 0 fully saturated rings. The molecule has 1 aromatic rings. The molecule has 0 spiro atoms. The van der Waals surface area contributed by atoms with Crippen LogP contribution in [0.4, 0.5) is 0 Å². The van der Waals surface area contributed by atoms with Crippen LogP contribution in [0.1, 0.15) is 25.0 Å². The molecule has 13 heavy (non-hydrogen) atoms.